The highest BCUT2D eigenvalue weighted by Crippen LogP contribution is 2.30. The Balaban J connectivity index is 1.56. The van der Waals surface area contributed by atoms with E-state index >= 15 is 0 Å². The minimum Gasteiger partial charge on any atom is -0.494 e. The van der Waals surface area contributed by atoms with Crippen LogP contribution in [0.1, 0.15) is 23.2 Å². The Morgan fingerprint density at radius 1 is 1.07 bits per heavy atom. The van der Waals surface area contributed by atoms with Crippen molar-refractivity contribution in [3.8, 4) is 5.75 Å². The second kappa shape index (κ2) is 10.00. The fourth-order valence-electron chi connectivity index (χ4n) is 3.07. The zero-order chi connectivity index (χ0) is 21.6. The summed E-state index contributed by atoms with van der Waals surface area (Å²) < 4.78 is 45.5. The van der Waals surface area contributed by atoms with Crippen molar-refractivity contribution in [2.45, 2.75) is 25.7 Å². The molecule has 0 aliphatic heterocycles. The third-order valence-corrected chi connectivity index (χ3v) is 5.09. The maximum atomic E-state index is 12.6. The van der Waals surface area contributed by atoms with Crippen molar-refractivity contribution >= 4 is 11.6 Å². The normalized spacial score (nSPS) is 11.8. The van der Waals surface area contributed by atoms with E-state index in [4.69, 9.17) is 16.3 Å². The SMILES string of the molecule is Cn1cncc1CN(CCCOc1ccc(C(F)(F)F)cc1)Cc1ccccc1Cl. The molecule has 1 heterocycles. The van der Waals surface area contributed by atoms with Crippen molar-refractivity contribution in [1.29, 1.82) is 0 Å². The fourth-order valence-corrected chi connectivity index (χ4v) is 3.26. The summed E-state index contributed by atoms with van der Waals surface area (Å²) in [6.07, 6.45) is -0.0398. The first-order chi connectivity index (χ1) is 14.3. The van der Waals surface area contributed by atoms with Gasteiger partial charge in [0.2, 0.25) is 0 Å². The van der Waals surface area contributed by atoms with Crippen molar-refractivity contribution in [2.75, 3.05) is 13.2 Å². The predicted octanol–water partition coefficient (Wildman–Crippen LogP) is 5.56. The summed E-state index contributed by atoms with van der Waals surface area (Å²) in [7, 11) is 1.95. The lowest BCUT2D eigenvalue weighted by molar-refractivity contribution is -0.137. The zero-order valence-corrected chi connectivity index (χ0v) is 17.3. The second-order valence-corrected chi connectivity index (χ2v) is 7.43. The molecule has 1 aromatic heterocycles. The Kier molecular flexibility index (Phi) is 7.39. The molecule has 0 N–H and O–H groups in total. The van der Waals surface area contributed by atoms with Gasteiger partial charge in [-0.05, 0) is 42.3 Å². The molecular weight excluding hydrogens is 415 g/mol. The van der Waals surface area contributed by atoms with E-state index in [1.54, 1.807) is 6.33 Å². The fraction of sp³-hybridized carbons (Fsp3) is 0.318. The molecule has 30 heavy (non-hydrogen) atoms. The first-order valence-corrected chi connectivity index (χ1v) is 9.92. The van der Waals surface area contributed by atoms with Gasteiger partial charge >= 0.3 is 6.18 Å². The molecule has 3 aromatic rings. The smallest absolute Gasteiger partial charge is 0.416 e. The molecule has 2 aromatic carbocycles. The van der Waals surface area contributed by atoms with Gasteiger partial charge in [-0.3, -0.25) is 4.90 Å². The summed E-state index contributed by atoms with van der Waals surface area (Å²) in [6, 6.07) is 12.5. The maximum Gasteiger partial charge on any atom is 0.416 e. The van der Waals surface area contributed by atoms with Gasteiger partial charge in [0.15, 0.2) is 0 Å². The molecule has 4 nitrogen and oxygen atoms in total. The van der Waals surface area contributed by atoms with Crippen LogP contribution < -0.4 is 4.74 Å². The Hall–Kier alpha value is -2.51. The summed E-state index contributed by atoms with van der Waals surface area (Å²) in [5.74, 6) is 0.423. The van der Waals surface area contributed by atoms with Crippen molar-refractivity contribution in [1.82, 2.24) is 14.5 Å². The van der Waals surface area contributed by atoms with Crippen LogP contribution >= 0.6 is 11.6 Å². The van der Waals surface area contributed by atoms with Crippen molar-refractivity contribution in [2.24, 2.45) is 7.05 Å². The van der Waals surface area contributed by atoms with E-state index in [0.717, 1.165) is 29.9 Å². The Morgan fingerprint density at radius 2 is 1.80 bits per heavy atom. The number of hydrogen-bond acceptors (Lipinski definition) is 3. The Labute approximate surface area is 178 Å². The van der Waals surface area contributed by atoms with Crippen LogP contribution in [0.4, 0.5) is 13.2 Å². The number of hydrogen-bond donors (Lipinski definition) is 0. The monoisotopic (exact) mass is 437 g/mol. The first kappa shape index (κ1) is 22.2. The molecule has 0 fully saturated rings. The van der Waals surface area contributed by atoms with Crippen LogP contribution in [0.2, 0.25) is 5.02 Å². The van der Waals surface area contributed by atoms with Gasteiger partial charge in [0.05, 0.1) is 24.2 Å². The molecule has 0 atom stereocenters. The molecule has 0 bridgehead atoms. The van der Waals surface area contributed by atoms with Crippen LogP contribution in [0, 0.1) is 0 Å². The summed E-state index contributed by atoms with van der Waals surface area (Å²) >= 11 is 6.32. The number of imidazole rings is 1. The quantitative estimate of drug-likeness (QED) is 0.410. The maximum absolute atomic E-state index is 12.6. The number of alkyl halides is 3. The molecule has 0 radical (unpaired) electrons. The molecule has 0 saturated heterocycles. The van der Waals surface area contributed by atoms with E-state index < -0.39 is 11.7 Å². The number of aryl methyl sites for hydroxylation is 1. The highest BCUT2D eigenvalue weighted by atomic mass is 35.5. The molecule has 8 heteroatoms. The summed E-state index contributed by atoms with van der Waals surface area (Å²) in [4.78, 5) is 6.41. The molecule has 0 aliphatic carbocycles. The Morgan fingerprint density at radius 3 is 2.43 bits per heavy atom. The van der Waals surface area contributed by atoms with Crippen LogP contribution in [0.5, 0.6) is 5.75 Å². The van der Waals surface area contributed by atoms with Gasteiger partial charge in [-0.15, -0.1) is 0 Å². The van der Waals surface area contributed by atoms with E-state index in [1.807, 2.05) is 42.1 Å². The Bertz CT molecular complexity index is 941. The van der Waals surface area contributed by atoms with Gasteiger partial charge in [-0.2, -0.15) is 13.2 Å². The first-order valence-electron chi connectivity index (χ1n) is 9.54. The van der Waals surface area contributed by atoms with Crippen LogP contribution in [-0.4, -0.2) is 27.6 Å². The van der Waals surface area contributed by atoms with E-state index in [2.05, 4.69) is 9.88 Å². The molecule has 0 spiro atoms. The van der Waals surface area contributed by atoms with Crippen LogP contribution in [0.25, 0.3) is 0 Å². The summed E-state index contributed by atoms with van der Waals surface area (Å²) in [6.45, 7) is 2.50. The highest BCUT2D eigenvalue weighted by Gasteiger charge is 2.30. The third-order valence-electron chi connectivity index (χ3n) is 4.72. The minimum atomic E-state index is -4.34. The van der Waals surface area contributed by atoms with Gasteiger partial charge < -0.3 is 9.30 Å². The van der Waals surface area contributed by atoms with Crippen LogP contribution in [-0.2, 0) is 26.3 Å². The minimum absolute atomic E-state index is 0.399. The highest BCUT2D eigenvalue weighted by molar-refractivity contribution is 6.31. The molecule has 0 amide bonds. The van der Waals surface area contributed by atoms with E-state index in [0.29, 0.717) is 36.9 Å². The molecule has 0 saturated carbocycles. The largest absolute Gasteiger partial charge is 0.494 e. The molecule has 160 valence electrons. The number of ether oxygens (including phenoxy) is 1. The second-order valence-electron chi connectivity index (χ2n) is 7.02. The third kappa shape index (κ3) is 6.24. The van der Waals surface area contributed by atoms with E-state index in [-0.39, 0.29) is 0 Å². The number of rotatable bonds is 9. The number of aromatic nitrogens is 2. The number of benzene rings is 2. The van der Waals surface area contributed by atoms with Crippen molar-refractivity contribution in [3.05, 3.63) is 82.9 Å². The van der Waals surface area contributed by atoms with E-state index in [1.165, 1.54) is 12.1 Å². The molecule has 3 rings (SSSR count). The number of halogens is 4. The average Bonchev–Trinajstić information content (AvgIpc) is 3.11. The number of nitrogens with zero attached hydrogens (tertiary/aromatic N) is 3. The lowest BCUT2D eigenvalue weighted by Gasteiger charge is -2.23. The molecule has 0 aliphatic rings. The summed E-state index contributed by atoms with van der Waals surface area (Å²) in [5, 5.41) is 0.716. The topological polar surface area (TPSA) is 30.3 Å². The van der Waals surface area contributed by atoms with Crippen molar-refractivity contribution in [3.63, 3.8) is 0 Å². The van der Waals surface area contributed by atoms with Crippen LogP contribution in [0.3, 0.4) is 0 Å². The van der Waals surface area contributed by atoms with Gasteiger partial charge in [0.1, 0.15) is 5.75 Å². The van der Waals surface area contributed by atoms with Crippen LogP contribution in [0.15, 0.2) is 61.1 Å². The predicted molar refractivity (Wildman–Crippen MR) is 110 cm³/mol. The van der Waals surface area contributed by atoms with Gasteiger partial charge in [0, 0.05) is 37.9 Å². The van der Waals surface area contributed by atoms with Gasteiger partial charge in [0.25, 0.3) is 0 Å². The average molecular weight is 438 g/mol. The molecular formula is C22H23ClF3N3O. The molecule has 0 unspecified atom stereocenters. The zero-order valence-electron chi connectivity index (χ0n) is 16.6. The summed E-state index contributed by atoms with van der Waals surface area (Å²) in [5.41, 5.74) is 1.42. The van der Waals surface area contributed by atoms with Crippen molar-refractivity contribution < 1.29 is 17.9 Å². The lowest BCUT2D eigenvalue weighted by atomic mass is 10.2. The van der Waals surface area contributed by atoms with Gasteiger partial charge in [-0.25, -0.2) is 4.98 Å². The van der Waals surface area contributed by atoms with E-state index in [9.17, 15) is 13.2 Å². The van der Waals surface area contributed by atoms with Gasteiger partial charge in [-0.1, -0.05) is 29.8 Å². The lowest BCUT2D eigenvalue weighted by Crippen LogP contribution is -2.26. The standard InChI is InChI=1S/C22H23ClF3N3O/c1-28-16-27-13-19(28)15-29(14-17-5-2-3-6-21(17)23)11-4-12-30-20-9-7-18(8-10-20)22(24,25)26/h2-3,5-10,13,16H,4,11-12,14-15H2,1H3.